The van der Waals surface area contributed by atoms with Gasteiger partial charge in [0.2, 0.25) is 0 Å². The third-order valence-electron chi connectivity index (χ3n) is 12.5. The molecular formula is C36H68Ni2P2+2. The van der Waals surface area contributed by atoms with Crippen LogP contribution in [0.15, 0.2) is 0 Å². The van der Waals surface area contributed by atoms with Gasteiger partial charge in [0, 0.05) is 48.8 Å². The Morgan fingerprint density at radius 2 is 0.325 bits per heavy atom. The van der Waals surface area contributed by atoms with E-state index < -0.39 is 0 Å². The molecule has 0 nitrogen and oxygen atoms in total. The topological polar surface area (TPSA) is 0 Å². The van der Waals surface area contributed by atoms with Gasteiger partial charge < -0.3 is 0 Å². The van der Waals surface area contributed by atoms with Crippen LogP contribution in [0.3, 0.4) is 0 Å². The summed E-state index contributed by atoms with van der Waals surface area (Å²) in [6.45, 7) is 0. The predicted octanol–water partition coefficient (Wildman–Crippen LogP) is 12.4. The average Bonchev–Trinajstić information content (AvgIpc) is 3.01. The van der Waals surface area contributed by atoms with Crippen molar-refractivity contribution in [2.24, 2.45) is 0 Å². The van der Waals surface area contributed by atoms with E-state index in [-0.39, 0.29) is 48.8 Å². The Hall–Kier alpha value is 1.85. The maximum absolute atomic E-state index is 1.63. The molecule has 0 N–H and O–H groups in total. The van der Waals surface area contributed by atoms with Crippen molar-refractivity contribution in [1.82, 2.24) is 0 Å². The molecule has 0 bridgehead atoms. The van der Waals surface area contributed by atoms with Gasteiger partial charge in [-0.3, -0.25) is 0 Å². The molecule has 0 atom stereocenters. The van der Waals surface area contributed by atoms with Gasteiger partial charge in [-0.05, 0) is 154 Å². The van der Waals surface area contributed by atoms with Crippen LogP contribution < -0.4 is 0 Å². The molecule has 0 heterocycles. The van der Waals surface area contributed by atoms with Crippen LogP contribution >= 0.6 is 15.8 Å². The summed E-state index contributed by atoms with van der Waals surface area (Å²) in [5.41, 5.74) is 7.36. The molecule has 6 fully saturated rings. The first-order valence-corrected chi connectivity index (χ1v) is 22.1. The van der Waals surface area contributed by atoms with Gasteiger partial charge in [-0.25, -0.2) is 0 Å². The summed E-state index contributed by atoms with van der Waals surface area (Å²) in [6.07, 6.45) is 47.6. The quantitative estimate of drug-likeness (QED) is 0.194. The van der Waals surface area contributed by atoms with Gasteiger partial charge >= 0.3 is 0 Å². The zero-order valence-corrected chi connectivity index (χ0v) is 30.3. The second-order valence-corrected chi connectivity index (χ2v) is 21.9. The van der Waals surface area contributed by atoms with Gasteiger partial charge in [-0.1, -0.05) is 38.5 Å². The van der Waals surface area contributed by atoms with Crippen molar-refractivity contribution in [2.75, 3.05) is 0 Å². The molecule has 0 aromatic heterocycles. The molecule has 6 aliphatic carbocycles. The van der Waals surface area contributed by atoms with Crippen molar-refractivity contribution < 1.29 is 33.0 Å². The Kier molecular flexibility index (Phi) is 18.9. The molecule has 4 heteroatoms. The second kappa shape index (κ2) is 20.8. The van der Waals surface area contributed by atoms with E-state index in [4.69, 9.17) is 0 Å². The van der Waals surface area contributed by atoms with Crippen molar-refractivity contribution in [1.29, 1.82) is 0 Å². The zero-order valence-electron chi connectivity index (χ0n) is 26.3. The van der Waals surface area contributed by atoms with Crippen LogP contribution in [0, 0.1) is 0 Å². The molecule has 240 valence electrons. The van der Waals surface area contributed by atoms with E-state index >= 15 is 0 Å². The Morgan fingerprint density at radius 1 is 0.200 bits per heavy atom. The van der Waals surface area contributed by atoms with Crippen molar-refractivity contribution in [3.05, 3.63) is 0 Å². The van der Waals surface area contributed by atoms with Crippen LogP contribution in [0.5, 0.6) is 0 Å². The number of hydrogen-bond donors (Lipinski definition) is 0. The summed E-state index contributed by atoms with van der Waals surface area (Å²) in [5, 5.41) is 0. The van der Waals surface area contributed by atoms with Crippen molar-refractivity contribution >= 4 is 15.8 Å². The molecule has 0 amide bonds. The third kappa shape index (κ3) is 11.0. The molecule has 6 saturated carbocycles. The van der Waals surface area contributed by atoms with Crippen molar-refractivity contribution in [3.8, 4) is 0 Å². The summed E-state index contributed by atoms with van der Waals surface area (Å²) in [4.78, 5) is 0. The molecule has 0 aromatic carbocycles. The molecule has 0 aromatic rings. The van der Waals surface area contributed by atoms with Gasteiger partial charge in [0.05, 0.1) is 34.0 Å². The van der Waals surface area contributed by atoms with Crippen LogP contribution in [0.25, 0.3) is 0 Å². The first kappa shape index (κ1) is 36.3. The molecule has 6 rings (SSSR count). The van der Waals surface area contributed by atoms with Crippen LogP contribution in [-0.4, -0.2) is 34.0 Å². The van der Waals surface area contributed by atoms with Gasteiger partial charge in [0.15, 0.2) is 0 Å². The first-order chi connectivity index (χ1) is 18.9. The average molecular weight is 680 g/mol. The Labute approximate surface area is 274 Å². The van der Waals surface area contributed by atoms with Gasteiger partial charge in [0.25, 0.3) is 0 Å². The van der Waals surface area contributed by atoms with E-state index in [1.807, 2.05) is 0 Å². The molecule has 40 heavy (non-hydrogen) atoms. The predicted molar refractivity (Wildman–Crippen MR) is 178 cm³/mol. The van der Waals surface area contributed by atoms with E-state index in [1.54, 1.807) is 193 Å². The van der Waals surface area contributed by atoms with Gasteiger partial charge in [-0.15, -0.1) is 0 Å². The van der Waals surface area contributed by atoms with E-state index in [1.165, 1.54) is 34.0 Å². The van der Waals surface area contributed by atoms with E-state index in [0.717, 1.165) is 0 Å². The van der Waals surface area contributed by atoms with Crippen molar-refractivity contribution in [3.63, 3.8) is 0 Å². The molecule has 0 spiro atoms. The molecule has 0 radical (unpaired) electrons. The fourth-order valence-electron chi connectivity index (χ4n) is 10.6. The first-order valence-electron chi connectivity index (χ1n) is 18.6. The Morgan fingerprint density at radius 3 is 0.450 bits per heavy atom. The van der Waals surface area contributed by atoms with Crippen molar-refractivity contribution in [2.45, 2.75) is 227 Å². The van der Waals surface area contributed by atoms with Crippen LogP contribution in [0.1, 0.15) is 193 Å². The van der Waals surface area contributed by atoms with E-state index in [9.17, 15) is 0 Å². The minimum atomic E-state index is -0.0465. The van der Waals surface area contributed by atoms with Crippen LogP contribution in [-0.2, 0) is 33.0 Å². The number of hydrogen-bond acceptors (Lipinski definition) is 0. The van der Waals surface area contributed by atoms with Gasteiger partial charge in [0.1, 0.15) is 0 Å². The SMILES string of the molecule is C1CCC([PH+](C2CCCCC2)C2CCCCC2)CC1.C1CCC([PH+](C2CCCCC2)C2CCCCC2)CC1.[Ni].[Ni]. The minimum Gasteiger partial charge on any atom is -0.0530 e. The van der Waals surface area contributed by atoms with Gasteiger partial charge in [-0.2, -0.15) is 0 Å². The molecular weight excluding hydrogens is 612 g/mol. The van der Waals surface area contributed by atoms with E-state index in [0.29, 0.717) is 0 Å². The summed E-state index contributed by atoms with van der Waals surface area (Å²) in [5.74, 6) is 0. The molecule has 6 aliphatic rings. The summed E-state index contributed by atoms with van der Waals surface area (Å²) >= 11 is 0. The summed E-state index contributed by atoms with van der Waals surface area (Å²) in [7, 11) is -0.0930. The monoisotopic (exact) mass is 678 g/mol. The Balaban J connectivity index is 0.000000210. The molecule has 0 unspecified atom stereocenters. The summed E-state index contributed by atoms with van der Waals surface area (Å²) < 4.78 is 0. The second-order valence-electron chi connectivity index (χ2n) is 15.0. The fraction of sp³-hybridized carbons (Fsp3) is 1.00. The number of rotatable bonds is 6. The largest absolute Gasteiger partial charge is 0.0680 e. The zero-order chi connectivity index (χ0) is 25.8. The minimum absolute atomic E-state index is 0. The fourth-order valence-corrected chi connectivity index (χ4v) is 21.1. The molecule has 0 saturated heterocycles. The van der Waals surface area contributed by atoms with E-state index in [2.05, 4.69) is 0 Å². The maximum Gasteiger partial charge on any atom is 0.0680 e. The Bertz CT molecular complexity index is 469. The normalized spacial score (nSPS) is 27.4. The smallest absolute Gasteiger partial charge is 0.0530 e. The maximum atomic E-state index is 1.63. The van der Waals surface area contributed by atoms with Crippen LogP contribution in [0.2, 0.25) is 0 Å². The standard InChI is InChI=1S/2C18H33P.2Ni/c2*1-4-10-16(11-5-1)19(17-12-6-2-7-13-17)18-14-8-3-9-15-18;;/h2*16-18H,1-15H2;;/p+2. The van der Waals surface area contributed by atoms with Crippen LogP contribution in [0.4, 0.5) is 0 Å². The third-order valence-corrected chi connectivity index (χ3v) is 21.6. The summed E-state index contributed by atoms with van der Waals surface area (Å²) in [6, 6.07) is 0. The molecule has 0 aliphatic heterocycles.